The minimum absolute atomic E-state index is 0.251. The van der Waals surface area contributed by atoms with Crippen LogP contribution in [0.3, 0.4) is 0 Å². The standard InChI is InChI=1S/C10H18N2O/c1-9(5-7-13)11-8-10-4-3-6-12(10)2/h3-4,6,9,11,13H,5,7-8H2,1-2H3. The summed E-state index contributed by atoms with van der Waals surface area (Å²) >= 11 is 0. The first-order valence-electron chi connectivity index (χ1n) is 4.68. The second kappa shape index (κ2) is 5.04. The van der Waals surface area contributed by atoms with Gasteiger partial charge in [0.2, 0.25) is 0 Å². The smallest absolute Gasteiger partial charge is 0.0445 e. The third-order valence-corrected chi connectivity index (χ3v) is 2.25. The SMILES string of the molecule is CC(CCO)NCc1cccn1C. The van der Waals surface area contributed by atoms with Gasteiger partial charge in [-0.05, 0) is 25.5 Å². The molecule has 1 atom stereocenters. The summed E-state index contributed by atoms with van der Waals surface area (Å²) in [5, 5.41) is 12.0. The molecule has 0 aliphatic heterocycles. The maximum atomic E-state index is 8.70. The highest BCUT2D eigenvalue weighted by atomic mass is 16.3. The van der Waals surface area contributed by atoms with Crippen molar-refractivity contribution < 1.29 is 5.11 Å². The van der Waals surface area contributed by atoms with Crippen molar-refractivity contribution in [3.05, 3.63) is 24.0 Å². The summed E-state index contributed by atoms with van der Waals surface area (Å²) in [7, 11) is 2.04. The number of aliphatic hydroxyl groups is 1. The van der Waals surface area contributed by atoms with Crippen LogP contribution in [0.4, 0.5) is 0 Å². The van der Waals surface area contributed by atoms with E-state index in [4.69, 9.17) is 5.11 Å². The second-order valence-electron chi connectivity index (χ2n) is 3.40. The molecule has 0 spiro atoms. The van der Waals surface area contributed by atoms with Gasteiger partial charge in [-0.3, -0.25) is 0 Å². The summed E-state index contributed by atoms with van der Waals surface area (Å²) in [6.07, 6.45) is 2.85. The molecule has 0 radical (unpaired) electrons. The lowest BCUT2D eigenvalue weighted by molar-refractivity contribution is 0.268. The van der Waals surface area contributed by atoms with Gasteiger partial charge in [-0.1, -0.05) is 0 Å². The molecule has 0 saturated heterocycles. The number of aryl methyl sites for hydroxylation is 1. The van der Waals surface area contributed by atoms with Crippen molar-refractivity contribution in [2.24, 2.45) is 7.05 Å². The number of nitrogens with zero attached hydrogens (tertiary/aromatic N) is 1. The second-order valence-corrected chi connectivity index (χ2v) is 3.40. The molecule has 2 N–H and O–H groups in total. The normalized spacial score (nSPS) is 13.2. The Morgan fingerprint density at radius 3 is 2.92 bits per heavy atom. The summed E-state index contributed by atoms with van der Waals surface area (Å²) in [5.41, 5.74) is 1.27. The monoisotopic (exact) mass is 182 g/mol. The number of rotatable bonds is 5. The summed E-state index contributed by atoms with van der Waals surface area (Å²) in [6.45, 7) is 3.20. The summed E-state index contributed by atoms with van der Waals surface area (Å²) < 4.78 is 2.10. The maximum Gasteiger partial charge on any atom is 0.0445 e. The molecule has 0 aromatic carbocycles. The molecule has 0 fully saturated rings. The Balaban J connectivity index is 2.30. The van der Waals surface area contributed by atoms with E-state index in [0.717, 1.165) is 13.0 Å². The van der Waals surface area contributed by atoms with Gasteiger partial charge in [-0.25, -0.2) is 0 Å². The van der Waals surface area contributed by atoms with E-state index in [9.17, 15) is 0 Å². The molecule has 1 rings (SSSR count). The Morgan fingerprint density at radius 2 is 2.38 bits per heavy atom. The van der Waals surface area contributed by atoms with Crippen LogP contribution >= 0.6 is 0 Å². The molecule has 1 unspecified atom stereocenters. The zero-order valence-corrected chi connectivity index (χ0v) is 8.33. The maximum absolute atomic E-state index is 8.70. The first-order chi connectivity index (χ1) is 6.24. The first-order valence-corrected chi connectivity index (χ1v) is 4.68. The predicted octanol–water partition coefficient (Wildman–Crippen LogP) is 0.886. The van der Waals surface area contributed by atoms with Gasteiger partial charge in [0.15, 0.2) is 0 Å². The minimum atomic E-state index is 0.251. The third kappa shape index (κ3) is 3.20. The lowest BCUT2D eigenvalue weighted by Gasteiger charge is -2.12. The van der Waals surface area contributed by atoms with Crippen molar-refractivity contribution in [2.75, 3.05) is 6.61 Å². The van der Waals surface area contributed by atoms with Crippen molar-refractivity contribution >= 4 is 0 Å². The zero-order valence-electron chi connectivity index (χ0n) is 8.33. The Morgan fingerprint density at radius 1 is 1.62 bits per heavy atom. The average molecular weight is 182 g/mol. The van der Waals surface area contributed by atoms with E-state index in [2.05, 4.69) is 22.9 Å². The molecule has 74 valence electrons. The molecular weight excluding hydrogens is 164 g/mol. The molecule has 0 amide bonds. The summed E-state index contributed by atoms with van der Waals surface area (Å²) in [5.74, 6) is 0. The van der Waals surface area contributed by atoms with E-state index >= 15 is 0 Å². The van der Waals surface area contributed by atoms with Crippen molar-refractivity contribution in [3.63, 3.8) is 0 Å². The molecule has 0 aliphatic rings. The van der Waals surface area contributed by atoms with E-state index in [-0.39, 0.29) is 6.61 Å². The van der Waals surface area contributed by atoms with Crippen molar-refractivity contribution in [2.45, 2.75) is 25.9 Å². The fourth-order valence-corrected chi connectivity index (χ4v) is 1.25. The molecule has 3 nitrogen and oxygen atoms in total. The van der Waals surface area contributed by atoms with Gasteiger partial charge in [0, 0.05) is 38.1 Å². The van der Waals surface area contributed by atoms with E-state index in [1.54, 1.807) is 0 Å². The Labute approximate surface area is 79.4 Å². The van der Waals surface area contributed by atoms with Crippen LogP contribution in [0.5, 0.6) is 0 Å². The fraction of sp³-hybridized carbons (Fsp3) is 0.600. The van der Waals surface area contributed by atoms with Crippen molar-refractivity contribution in [1.82, 2.24) is 9.88 Å². The van der Waals surface area contributed by atoms with E-state index in [1.807, 2.05) is 19.3 Å². The zero-order chi connectivity index (χ0) is 9.68. The third-order valence-electron chi connectivity index (χ3n) is 2.25. The van der Waals surface area contributed by atoms with E-state index < -0.39 is 0 Å². The number of nitrogens with one attached hydrogen (secondary N) is 1. The summed E-state index contributed by atoms with van der Waals surface area (Å²) in [6, 6.07) is 4.51. The molecule has 3 heteroatoms. The van der Waals surface area contributed by atoms with Crippen LogP contribution in [0.25, 0.3) is 0 Å². The van der Waals surface area contributed by atoms with E-state index in [0.29, 0.717) is 6.04 Å². The molecule has 1 heterocycles. The van der Waals surface area contributed by atoms with Crippen LogP contribution in [0.1, 0.15) is 19.0 Å². The molecular formula is C10H18N2O. The van der Waals surface area contributed by atoms with Crippen LogP contribution in [0.15, 0.2) is 18.3 Å². The van der Waals surface area contributed by atoms with Gasteiger partial charge in [0.25, 0.3) is 0 Å². The van der Waals surface area contributed by atoms with Gasteiger partial charge >= 0.3 is 0 Å². The van der Waals surface area contributed by atoms with Gasteiger partial charge in [0.1, 0.15) is 0 Å². The fourth-order valence-electron chi connectivity index (χ4n) is 1.25. The van der Waals surface area contributed by atoms with E-state index in [1.165, 1.54) is 5.69 Å². The predicted molar refractivity (Wildman–Crippen MR) is 53.4 cm³/mol. The topological polar surface area (TPSA) is 37.2 Å². The lowest BCUT2D eigenvalue weighted by Crippen LogP contribution is -2.27. The number of hydrogen-bond acceptors (Lipinski definition) is 2. The first kappa shape index (κ1) is 10.3. The number of hydrogen-bond donors (Lipinski definition) is 2. The number of aromatic nitrogens is 1. The Hall–Kier alpha value is -0.800. The van der Waals surface area contributed by atoms with Crippen LogP contribution in [-0.2, 0) is 13.6 Å². The van der Waals surface area contributed by atoms with Crippen molar-refractivity contribution in [1.29, 1.82) is 0 Å². The highest BCUT2D eigenvalue weighted by Crippen LogP contribution is 2.00. The van der Waals surface area contributed by atoms with Crippen LogP contribution in [0.2, 0.25) is 0 Å². The highest BCUT2D eigenvalue weighted by Gasteiger charge is 2.01. The Bertz CT molecular complexity index is 245. The van der Waals surface area contributed by atoms with Gasteiger partial charge in [0.05, 0.1) is 0 Å². The quantitative estimate of drug-likeness (QED) is 0.709. The molecule has 1 aromatic heterocycles. The van der Waals surface area contributed by atoms with Crippen LogP contribution in [-0.4, -0.2) is 22.3 Å². The molecule has 1 aromatic rings. The number of aliphatic hydroxyl groups excluding tert-OH is 1. The molecule has 13 heavy (non-hydrogen) atoms. The van der Waals surface area contributed by atoms with Gasteiger partial charge in [-0.2, -0.15) is 0 Å². The van der Waals surface area contributed by atoms with Crippen LogP contribution in [0, 0.1) is 0 Å². The summed E-state index contributed by atoms with van der Waals surface area (Å²) in [4.78, 5) is 0. The Kier molecular flexibility index (Phi) is 3.99. The van der Waals surface area contributed by atoms with Gasteiger partial charge < -0.3 is 15.0 Å². The molecule has 0 aliphatic carbocycles. The minimum Gasteiger partial charge on any atom is -0.396 e. The van der Waals surface area contributed by atoms with Gasteiger partial charge in [-0.15, -0.1) is 0 Å². The largest absolute Gasteiger partial charge is 0.396 e. The molecule has 0 saturated carbocycles. The van der Waals surface area contributed by atoms with Crippen molar-refractivity contribution in [3.8, 4) is 0 Å². The molecule has 0 bridgehead atoms. The van der Waals surface area contributed by atoms with Crippen LogP contribution < -0.4 is 5.32 Å². The average Bonchev–Trinajstić information content (AvgIpc) is 2.48. The lowest BCUT2D eigenvalue weighted by atomic mass is 10.2. The highest BCUT2D eigenvalue weighted by molar-refractivity contribution is 5.06.